The van der Waals surface area contributed by atoms with Crippen molar-refractivity contribution in [1.82, 2.24) is 4.98 Å². The van der Waals surface area contributed by atoms with E-state index in [1.807, 2.05) is 38.1 Å². The predicted molar refractivity (Wildman–Crippen MR) is 134 cm³/mol. The Morgan fingerprint density at radius 1 is 1.17 bits per heavy atom. The van der Waals surface area contributed by atoms with Gasteiger partial charge in [-0.15, -0.1) is 0 Å². The normalized spacial score (nSPS) is 15.9. The number of carbonyl (C=O) groups excluding carboxylic acids is 2. The van der Waals surface area contributed by atoms with Crippen LogP contribution in [0.3, 0.4) is 0 Å². The summed E-state index contributed by atoms with van der Waals surface area (Å²) < 4.78 is 12.2. The number of nitrogens with zero attached hydrogens (tertiary/aromatic N) is 2. The summed E-state index contributed by atoms with van der Waals surface area (Å²) in [5.41, 5.74) is 2.39. The first-order valence-corrected chi connectivity index (χ1v) is 12.2. The van der Waals surface area contributed by atoms with Crippen LogP contribution in [0.2, 0.25) is 0 Å². The Labute approximate surface area is 206 Å². The summed E-state index contributed by atoms with van der Waals surface area (Å²) >= 11 is 1.33. The lowest BCUT2D eigenvalue weighted by Crippen LogP contribution is -2.31. The van der Waals surface area contributed by atoms with Crippen LogP contribution in [0, 0.1) is 13.8 Å². The molecule has 5 rings (SSSR count). The molecule has 2 aromatic carbocycles. The number of Topliss-reactive ketones (excluding diaryl/α,β-unsaturated/α-hetero) is 1. The molecule has 0 saturated carbocycles. The maximum atomic E-state index is 13.5. The van der Waals surface area contributed by atoms with E-state index in [1.54, 1.807) is 37.3 Å². The molecule has 0 spiro atoms. The Balaban J connectivity index is 1.66. The zero-order valence-corrected chi connectivity index (χ0v) is 20.4. The van der Waals surface area contributed by atoms with Gasteiger partial charge in [-0.1, -0.05) is 36.5 Å². The first-order valence-electron chi connectivity index (χ1n) is 11.3. The number of thiazole rings is 1. The maximum absolute atomic E-state index is 13.5. The number of rotatable bonds is 7. The van der Waals surface area contributed by atoms with Gasteiger partial charge in [-0.3, -0.25) is 14.5 Å². The Morgan fingerprint density at radius 3 is 2.74 bits per heavy atom. The number of ketones is 1. The first-order chi connectivity index (χ1) is 16.9. The van der Waals surface area contributed by atoms with E-state index in [2.05, 4.69) is 4.98 Å². The molecular weight excluding hydrogens is 464 g/mol. The zero-order chi connectivity index (χ0) is 24.7. The average molecular weight is 489 g/mol. The molecule has 0 radical (unpaired) electrons. The minimum absolute atomic E-state index is 0.0487. The van der Waals surface area contributed by atoms with Crippen LogP contribution in [0.15, 0.2) is 70.3 Å². The third-order valence-electron chi connectivity index (χ3n) is 5.80. The monoisotopic (exact) mass is 488 g/mol. The minimum atomic E-state index is -0.896. The fourth-order valence-electron chi connectivity index (χ4n) is 4.16. The molecule has 0 fully saturated rings. The van der Waals surface area contributed by atoms with Gasteiger partial charge < -0.3 is 14.3 Å². The molecule has 8 heteroatoms. The third kappa shape index (κ3) is 4.10. The molecule has 178 valence electrons. The molecule has 0 bridgehead atoms. The molecule has 1 aliphatic rings. The zero-order valence-electron chi connectivity index (χ0n) is 19.6. The second-order valence-corrected chi connectivity index (χ2v) is 9.48. The van der Waals surface area contributed by atoms with Crippen molar-refractivity contribution in [1.29, 1.82) is 0 Å². The molecule has 1 atom stereocenters. The van der Waals surface area contributed by atoms with Crippen LogP contribution in [0.25, 0.3) is 10.2 Å². The summed E-state index contributed by atoms with van der Waals surface area (Å²) in [5, 5.41) is 11.4. The van der Waals surface area contributed by atoms with Crippen molar-refractivity contribution in [2.24, 2.45) is 0 Å². The summed E-state index contributed by atoms with van der Waals surface area (Å²) in [6, 6.07) is 15.4. The molecule has 35 heavy (non-hydrogen) atoms. The van der Waals surface area contributed by atoms with Crippen LogP contribution in [0.4, 0.5) is 5.13 Å². The lowest BCUT2D eigenvalue weighted by Gasteiger charge is -2.24. The van der Waals surface area contributed by atoms with Crippen molar-refractivity contribution in [2.45, 2.75) is 33.2 Å². The van der Waals surface area contributed by atoms with Gasteiger partial charge in [0.25, 0.3) is 5.91 Å². The number of ether oxygens (including phenoxy) is 1. The number of hydrogen-bond donors (Lipinski definition) is 1. The summed E-state index contributed by atoms with van der Waals surface area (Å²) in [7, 11) is 0. The van der Waals surface area contributed by atoms with Crippen LogP contribution in [0.5, 0.6) is 5.75 Å². The molecule has 0 saturated heterocycles. The standard InChI is InChI=1S/C27H24N2O5S/c1-4-12-33-18-7-5-6-17(14-18)23-22(24(30)20-11-9-16(3)34-20)25(31)26(32)29(23)27-28-19-10-8-15(2)13-21(19)35-27/h5-11,13-14,23,31H,4,12H2,1-3H3. The lowest BCUT2D eigenvalue weighted by atomic mass is 9.95. The second-order valence-electron chi connectivity index (χ2n) is 8.47. The highest BCUT2D eigenvalue weighted by Gasteiger charge is 2.46. The Bertz CT molecular complexity index is 1480. The number of carbonyl (C=O) groups is 2. The van der Waals surface area contributed by atoms with Crippen molar-refractivity contribution in [2.75, 3.05) is 11.5 Å². The van der Waals surface area contributed by atoms with Gasteiger partial charge in [0.05, 0.1) is 28.4 Å². The maximum Gasteiger partial charge on any atom is 0.296 e. The van der Waals surface area contributed by atoms with Crippen molar-refractivity contribution in [3.8, 4) is 5.75 Å². The van der Waals surface area contributed by atoms with Gasteiger partial charge in [0, 0.05) is 0 Å². The average Bonchev–Trinajstić information content (AvgIpc) is 3.53. The number of anilines is 1. The molecule has 7 nitrogen and oxygen atoms in total. The SMILES string of the molecule is CCCOc1cccc(C2C(C(=O)c3ccc(C)o3)=C(O)C(=O)N2c2nc3ccc(C)cc3s2)c1. The van der Waals surface area contributed by atoms with E-state index < -0.39 is 23.5 Å². The number of aliphatic hydroxyl groups excluding tert-OH is 1. The van der Waals surface area contributed by atoms with Crippen molar-refractivity contribution in [3.05, 3.63) is 88.6 Å². The Kier molecular flexibility index (Phi) is 5.90. The Hall–Kier alpha value is -3.91. The third-order valence-corrected chi connectivity index (χ3v) is 6.82. The molecular formula is C27H24N2O5S. The summed E-state index contributed by atoms with van der Waals surface area (Å²) in [6.45, 7) is 6.26. The van der Waals surface area contributed by atoms with E-state index in [0.717, 1.165) is 22.2 Å². The van der Waals surface area contributed by atoms with Gasteiger partial charge in [0.2, 0.25) is 5.78 Å². The van der Waals surface area contributed by atoms with Crippen LogP contribution in [0.1, 0.15) is 46.8 Å². The summed E-state index contributed by atoms with van der Waals surface area (Å²) in [5.74, 6) is -0.608. The highest BCUT2D eigenvalue weighted by atomic mass is 32.1. The van der Waals surface area contributed by atoms with Crippen LogP contribution in [-0.2, 0) is 4.79 Å². The van der Waals surface area contributed by atoms with E-state index in [1.165, 1.54) is 16.2 Å². The van der Waals surface area contributed by atoms with Gasteiger partial charge in [-0.25, -0.2) is 4.98 Å². The van der Waals surface area contributed by atoms with E-state index in [4.69, 9.17) is 9.15 Å². The second kappa shape index (κ2) is 9.03. The number of amides is 1. The molecule has 4 aromatic rings. The number of aryl methyl sites for hydroxylation is 2. The summed E-state index contributed by atoms with van der Waals surface area (Å²) in [6.07, 6.45) is 0.839. The lowest BCUT2D eigenvalue weighted by molar-refractivity contribution is -0.117. The van der Waals surface area contributed by atoms with Gasteiger partial charge in [-0.2, -0.15) is 0 Å². The largest absolute Gasteiger partial charge is 0.503 e. The van der Waals surface area contributed by atoms with Crippen molar-refractivity contribution >= 4 is 38.4 Å². The highest BCUT2D eigenvalue weighted by molar-refractivity contribution is 7.22. The molecule has 2 aromatic heterocycles. The first kappa shape index (κ1) is 22.9. The van der Waals surface area contributed by atoms with E-state index in [-0.39, 0.29) is 11.3 Å². The Morgan fingerprint density at radius 2 is 2.00 bits per heavy atom. The van der Waals surface area contributed by atoms with E-state index >= 15 is 0 Å². The molecule has 1 amide bonds. The molecule has 1 unspecified atom stereocenters. The van der Waals surface area contributed by atoms with E-state index in [0.29, 0.717) is 28.8 Å². The number of aromatic nitrogens is 1. The fourth-order valence-corrected chi connectivity index (χ4v) is 5.25. The highest BCUT2D eigenvalue weighted by Crippen LogP contribution is 2.44. The van der Waals surface area contributed by atoms with Gasteiger partial charge >= 0.3 is 0 Å². The molecule has 0 aliphatic carbocycles. The van der Waals surface area contributed by atoms with Gasteiger partial charge in [0.1, 0.15) is 11.5 Å². The fraction of sp³-hybridized carbons (Fsp3) is 0.222. The number of furan rings is 1. The molecule has 3 heterocycles. The van der Waals surface area contributed by atoms with Gasteiger partial charge in [0.15, 0.2) is 16.7 Å². The minimum Gasteiger partial charge on any atom is -0.503 e. The molecule has 1 N–H and O–H groups in total. The number of fused-ring (bicyclic) bond motifs is 1. The quantitative estimate of drug-likeness (QED) is 0.317. The van der Waals surface area contributed by atoms with Crippen LogP contribution in [-0.4, -0.2) is 28.4 Å². The smallest absolute Gasteiger partial charge is 0.296 e. The van der Waals surface area contributed by atoms with E-state index in [9.17, 15) is 14.7 Å². The number of hydrogen-bond acceptors (Lipinski definition) is 7. The van der Waals surface area contributed by atoms with Crippen LogP contribution < -0.4 is 9.64 Å². The predicted octanol–water partition coefficient (Wildman–Crippen LogP) is 6.08. The number of aliphatic hydroxyl groups is 1. The van der Waals surface area contributed by atoms with Gasteiger partial charge in [-0.05, 0) is 67.8 Å². The number of benzene rings is 2. The molecule has 1 aliphatic heterocycles. The van der Waals surface area contributed by atoms with Crippen molar-refractivity contribution < 1.29 is 23.8 Å². The van der Waals surface area contributed by atoms with Crippen LogP contribution >= 0.6 is 11.3 Å². The van der Waals surface area contributed by atoms with Crippen molar-refractivity contribution in [3.63, 3.8) is 0 Å². The summed E-state index contributed by atoms with van der Waals surface area (Å²) in [4.78, 5) is 33.0. The topological polar surface area (TPSA) is 92.9 Å².